The maximum atomic E-state index is 13.5. The molecule has 0 unspecified atom stereocenters. The fourth-order valence-electron chi connectivity index (χ4n) is 4.34. The number of hydrogen-bond donors (Lipinski definition) is 3. The maximum Gasteiger partial charge on any atom is 0.255 e. The number of likely N-dealkylation sites (N-methyl/N-ethyl adjacent to an activating group) is 1. The lowest BCUT2D eigenvalue weighted by atomic mass is 10.1. The first kappa shape index (κ1) is 31.4. The molecule has 4 rings (SSSR count). The van der Waals surface area contributed by atoms with Crippen LogP contribution in [0.3, 0.4) is 0 Å². The summed E-state index contributed by atoms with van der Waals surface area (Å²) in [5.41, 5.74) is 9.51. The lowest BCUT2D eigenvalue weighted by Gasteiger charge is -2.32. The van der Waals surface area contributed by atoms with Crippen molar-refractivity contribution in [2.45, 2.75) is 13.5 Å². The topological polar surface area (TPSA) is 117 Å². The zero-order valence-corrected chi connectivity index (χ0v) is 25.2. The third kappa shape index (κ3) is 7.09. The molecule has 0 bridgehead atoms. The number of para-hydroxylation sites is 2. The molecule has 3 aromatic carbocycles. The van der Waals surface area contributed by atoms with Crippen molar-refractivity contribution in [3.8, 4) is 0 Å². The highest BCUT2D eigenvalue weighted by Gasteiger charge is 2.28. The Morgan fingerprint density at radius 3 is 2.51 bits per heavy atom. The van der Waals surface area contributed by atoms with E-state index in [0.29, 0.717) is 51.3 Å². The van der Waals surface area contributed by atoms with Gasteiger partial charge in [-0.15, -0.1) is 6.58 Å². The van der Waals surface area contributed by atoms with E-state index in [1.807, 2.05) is 24.3 Å². The van der Waals surface area contributed by atoms with Crippen LogP contribution in [0.15, 0.2) is 91.0 Å². The molecule has 0 aliphatic carbocycles. The molecular weight excluding hydrogens is 589 g/mol. The monoisotopic (exact) mass is 619 g/mol. The second-order valence-corrected chi connectivity index (χ2v) is 10.3. The predicted molar refractivity (Wildman–Crippen MR) is 172 cm³/mol. The van der Waals surface area contributed by atoms with Crippen LogP contribution < -0.4 is 26.2 Å². The quantitative estimate of drug-likeness (QED) is 0.198. The molecule has 43 heavy (non-hydrogen) atoms. The minimum atomic E-state index is -0.313. The van der Waals surface area contributed by atoms with Crippen molar-refractivity contribution in [2.75, 3.05) is 35.3 Å². The Morgan fingerprint density at radius 2 is 1.81 bits per heavy atom. The smallest absolute Gasteiger partial charge is 0.255 e. The third-order valence-corrected chi connectivity index (χ3v) is 7.49. The number of halogens is 2. The number of nitrogens with one attached hydrogen (secondary N) is 2. The van der Waals surface area contributed by atoms with Crippen molar-refractivity contribution >= 4 is 64.1 Å². The molecule has 1 aliphatic rings. The van der Waals surface area contributed by atoms with Gasteiger partial charge in [0.1, 0.15) is 6.61 Å². The van der Waals surface area contributed by atoms with Gasteiger partial charge in [0.25, 0.3) is 11.8 Å². The Kier molecular flexibility index (Phi) is 10.3. The second kappa shape index (κ2) is 14.1. The molecule has 0 spiro atoms. The molecule has 222 valence electrons. The Balaban J connectivity index is 1.57. The van der Waals surface area contributed by atoms with Crippen LogP contribution in [0.2, 0.25) is 10.0 Å². The van der Waals surface area contributed by atoms with Crippen LogP contribution in [0, 0.1) is 0 Å². The normalized spacial score (nSPS) is 12.4. The summed E-state index contributed by atoms with van der Waals surface area (Å²) in [6, 6.07) is 17.5. The van der Waals surface area contributed by atoms with E-state index in [4.69, 9.17) is 33.7 Å². The number of carbonyl (C=O) groups is 3. The standard InChI is InChI=1S/C32H31Cl2N5O4/c1-4-17-36-31(42)22-12-9-21(10-13-22)11-16-28(40)39-20(2)32(37-25-7-5-6-8-26(25)39)43-19-23-24(33)14-15-27(30(23)34)38(3)29(41)18-35/h4-16,37H,1,17-19,35H2,2-3H3,(H,36,42). The van der Waals surface area contributed by atoms with Gasteiger partial charge in [-0.3, -0.25) is 19.3 Å². The summed E-state index contributed by atoms with van der Waals surface area (Å²) >= 11 is 13.1. The van der Waals surface area contributed by atoms with E-state index >= 15 is 0 Å². The van der Waals surface area contributed by atoms with E-state index in [-0.39, 0.29) is 35.9 Å². The van der Waals surface area contributed by atoms with Crippen LogP contribution >= 0.6 is 23.2 Å². The van der Waals surface area contributed by atoms with Gasteiger partial charge in [-0.05, 0) is 55.0 Å². The zero-order valence-electron chi connectivity index (χ0n) is 23.7. The number of nitrogens with zero attached hydrogens (tertiary/aromatic N) is 2. The van der Waals surface area contributed by atoms with Gasteiger partial charge < -0.3 is 26.0 Å². The van der Waals surface area contributed by atoms with Gasteiger partial charge >= 0.3 is 0 Å². The number of amides is 3. The Hall–Kier alpha value is -4.57. The van der Waals surface area contributed by atoms with Gasteiger partial charge in [-0.1, -0.05) is 53.5 Å². The van der Waals surface area contributed by atoms with Crippen LogP contribution in [0.25, 0.3) is 6.08 Å². The number of carbonyl (C=O) groups excluding carboxylic acids is 3. The summed E-state index contributed by atoms with van der Waals surface area (Å²) in [6.07, 6.45) is 4.74. The van der Waals surface area contributed by atoms with E-state index in [0.717, 1.165) is 5.56 Å². The molecule has 11 heteroatoms. The largest absolute Gasteiger partial charge is 0.473 e. The van der Waals surface area contributed by atoms with Crippen LogP contribution in [0.5, 0.6) is 0 Å². The van der Waals surface area contributed by atoms with Crippen molar-refractivity contribution in [3.05, 3.63) is 118 Å². The number of allylic oxidation sites excluding steroid dienone is 1. The SMILES string of the molecule is C=CCNC(=O)c1ccc(C=CC(=O)N2C(C)=C(OCc3c(Cl)ccc(N(C)C(=O)CN)c3Cl)Nc3ccccc32)cc1. The highest BCUT2D eigenvalue weighted by molar-refractivity contribution is 6.38. The van der Waals surface area contributed by atoms with E-state index in [9.17, 15) is 14.4 Å². The number of ether oxygens (including phenoxy) is 1. The summed E-state index contributed by atoms with van der Waals surface area (Å²) in [5, 5.41) is 6.58. The molecule has 0 aromatic heterocycles. The summed E-state index contributed by atoms with van der Waals surface area (Å²) in [4.78, 5) is 40.7. The Bertz CT molecular complexity index is 1620. The van der Waals surface area contributed by atoms with E-state index in [1.165, 1.54) is 11.0 Å². The van der Waals surface area contributed by atoms with Crippen molar-refractivity contribution in [3.63, 3.8) is 0 Å². The van der Waals surface area contributed by atoms with Gasteiger partial charge in [0.05, 0.1) is 34.3 Å². The fourth-order valence-corrected chi connectivity index (χ4v) is 4.95. The molecule has 0 saturated heterocycles. The predicted octanol–water partition coefficient (Wildman–Crippen LogP) is 5.71. The first-order chi connectivity index (χ1) is 20.7. The van der Waals surface area contributed by atoms with Gasteiger partial charge in [0.15, 0.2) is 0 Å². The number of fused-ring (bicyclic) bond motifs is 1. The molecule has 3 amide bonds. The lowest BCUT2D eigenvalue weighted by Crippen LogP contribution is -2.34. The number of benzene rings is 3. The summed E-state index contributed by atoms with van der Waals surface area (Å²) in [5.74, 6) is -0.491. The molecule has 0 radical (unpaired) electrons. The lowest BCUT2D eigenvalue weighted by molar-refractivity contribution is -0.117. The minimum absolute atomic E-state index is 0.0391. The molecule has 4 N–H and O–H groups in total. The summed E-state index contributed by atoms with van der Waals surface area (Å²) in [6.45, 7) is 5.51. The Morgan fingerprint density at radius 1 is 1.09 bits per heavy atom. The molecule has 0 saturated carbocycles. The minimum Gasteiger partial charge on any atom is -0.473 e. The average molecular weight is 621 g/mol. The number of anilines is 3. The van der Waals surface area contributed by atoms with Gasteiger partial charge in [0.2, 0.25) is 11.8 Å². The molecule has 9 nitrogen and oxygen atoms in total. The molecule has 1 heterocycles. The molecule has 3 aromatic rings. The highest BCUT2D eigenvalue weighted by atomic mass is 35.5. The van der Waals surface area contributed by atoms with Crippen molar-refractivity contribution < 1.29 is 19.1 Å². The van der Waals surface area contributed by atoms with Crippen molar-refractivity contribution in [2.24, 2.45) is 5.73 Å². The van der Waals surface area contributed by atoms with Crippen LogP contribution in [0.4, 0.5) is 17.1 Å². The molecule has 0 fully saturated rings. The highest BCUT2D eigenvalue weighted by Crippen LogP contribution is 2.38. The van der Waals surface area contributed by atoms with E-state index in [1.54, 1.807) is 67.4 Å². The molecule has 1 aliphatic heterocycles. The first-order valence-electron chi connectivity index (χ1n) is 13.3. The van der Waals surface area contributed by atoms with Crippen LogP contribution in [-0.2, 0) is 20.9 Å². The summed E-state index contributed by atoms with van der Waals surface area (Å²) in [7, 11) is 1.58. The van der Waals surface area contributed by atoms with Gasteiger partial charge in [-0.25, -0.2) is 0 Å². The first-order valence-corrected chi connectivity index (χ1v) is 14.1. The number of nitrogens with two attached hydrogens (primary N) is 1. The van der Waals surface area contributed by atoms with Crippen molar-refractivity contribution in [1.29, 1.82) is 0 Å². The molecular formula is C32H31Cl2N5O4. The number of rotatable bonds is 10. The van der Waals surface area contributed by atoms with Gasteiger partial charge in [0, 0.05) is 35.8 Å². The zero-order chi connectivity index (χ0) is 31.1. The maximum absolute atomic E-state index is 13.5. The van der Waals surface area contributed by atoms with E-state index in [2.05, 4.69) is 17.2 Å². The number of hydrogen-bond acceptors (Lipinski definition) is 6. The Labute approximate surface area is 260 Å². The van der Waals surface area contributed by atoms with Gasteiger partial charge in [-0.2, -0.15) is 0 Å². The van der Waals surface area contributed by atoms with Crippen LogP contribution in [0.1, 0.15) is 28.4 Å². The van der Waals surface area contributed by atoms with Crippen molar-refractivity contribution in [1.82, 2.24) is 5.32 Å². The fraction of sp³-hybridized carbons (Fsp3) is 0.156. The van der Waals surface area contributed by atoms with E-state index < -0.39 is 0 Å². The summed E-state index contributed by atoms with van der Waals surface area (Å²) < 4.78 is 6.14. The second-order valence-electron chi connectivity index (χ2n) is 9.49. The average Bonchev–Trinajstić information content (AvgIpc) is 3.02. The van der Waals surface area contributed by atoms with Crippen LogP contribution in [-0.4, -0.2) is 37.9 Å². The third-order valence-electron chi connectivity index (χ3n) is 6.71. The molecule has 0 atom stereocenters.